The smallest absolute Gasteiger partial charge is 0.407 e. The van der Waals surface area contributed by atoms with Crippen molar-refractivity contribution in [1.82, 2.24) is 24.7 Å². The molecule has 0 bridgehead atoms. The molecule has 3 fully saturated rings. The number of ether oxygens (including phenoxy) is 5. The van der Waals surface area contributed by atoms with Crippen molar-refractivity contribution < 1.29 is 43.2 Å². The molecule has 0 spiro atoms. The number of benzene rings is 2. The van der Waals surface area contributed by atoms with Gasteiger partial charge in [0, 0.05) is 55.4 Å². The molecule has 8 rings (SSSR count). The minimum absolute atomic E-state index is 0.0144. The van der Waals surface area contributed by atoms with Crippen molar-refractivity contribution in [3.8, 4) is 12.1 Å². The highest BCUT2D eigenvalue weighted by molar-refractivity contribution is 6.07. The van der Waals surface area contributed by atoms with Crippen molar-refractivity contribution in [3.63, 3.8) is 0 Å². The number of aromatic nitrogens is 2. The van der Waals surface area contributed by atoms with Crippen LogP contribution >= 0.6 is 0 Å². The minimum atomic E-state index is -1.02. The second-order valence-corrected chi connectivity index (χ2v) is 16.5. The average Bonchev–Trinajstić information content (AvgIpc) is 3.78. The number of amides is 3. The summed E-state index contributed by atoms with van der Waals surface area (Å²) in [6, 6.07) is 16.8. The van der Waals surface area contributed by atoms with Crippen LogP contribution in [-0.4, -0.2) is 165 Å². The molecular formula is C46H56N8O9. The van der Waals surface area contributed by atoms with Crippen molar-refractivity contribution in [2.24, 2.45) is 11.8 Å². The number of likely N-dealkylation sites (tertiary alicyclic amines) is 2. The van der Waals surface area contributed by atoms with Gasteiger partial charge in [-0.3, -0.25) is 19.4 Å². The van der Waals surface area contributed by atoms with Crippen LogP contribution in [-0.2, 0) is 41.5 Å². The maximum atomic E-state index is 12.5. The fraction of sp³-hybridized carbons (Fsp3) is 0.522. The predicted molar refractivity (Wildman–Crippen MR) is 232 cm³/mol. The van der Waals surface area contributed by atoms with Crippen LogP contribution in [0, 0.1) is 23.2 Å². The molecule has 1 aliphatic carbocycles. The van der Waals surface area contributed by atoms with Crippen LogP contribution in [0.5, 0.6) is 6.01 Å². The first kappa shape index (κ1) is 44.0. The van der Waals surface area contributed by atoms with E-state index >= 15 is 0 Å². The van der Waals surface area contributed by atoms with E-state index in [1.807, 2.05) is 6.07 Å². The van der Waals surface area contributed by atoms with Crippen LogP contribution in [0.25, 0.3) is 10.8 Å². The Morgan fingerprint density at radius 1 is 0.841 bits per heavy atom. The van der Waals surface area contributed by atoms with E-state index < -0.39 is 24.0 Å². The minimum Gasteiger partial charge on any atom is -0.465 e. The molecule has 334 valence electrons. The number of carbonyl (C=O) groups is 3. The van der Waals surface area contributed by atoms with Gasteiger partial charge in [-0.2, -0.15) is 15.2 Å². The fourth-order valence-corrected chi connectivity index (χ4v) is 9.24. The van der Waals surface area contributed by atoms with Crippen LogP contribution in [0.1, 0.15) is 24.1 Å². The van der Waals surface area contributed by atoms with E-state index in [1.165, 1.54) is 20.6 Å². The molecule has 3 saturated heterocycles. The number of hydrogen-bond donors (Lipinski definition) is 1. The Labute approximate surface area is 367 Å². The van der Waals surface area contributed by atoms with E-state index in [1.54, 1.807) is 24.3 Å². The summed E-state index contributed by atoms with van der Waals surface area (Å²) < 4.78 is 29.5. The molecule has 17 nitrogen and oxygen atoms in total. The topological polar surface area (TPSA) is 183 Å². The lowest BCUT2D eigenvalue weighted by atomic mass is 9.91. The first-order chi connectivity index (χ1) is 30.8. The number of rotatable bonds is 19. The van der Waals surface area contributed by atoms with Crippen molar-refractivity contribution in [3.05, 3.63) is 78.0 Å². The molecule has 3 aromatic rings. The molecule has 5 aliphatic rings. The summed E-state index contributed by atoms with van der Waals surface area (Å²) in [5.74, 6) is -0.375. The molecular weight excluding hydrogens is 809 g/mol. The Hall–Kier alpha value is -5.64. The van der Waals surface area contributed by atoms with Gasteiger partial charge in [-0.25, -0.2) is 4.79 Å². The van der Waals surface area contributed by atoms with Crippen LogP contribution in [0.3, 0.4) is 0 Å². The molecule has 1 N–H and O–H groups in total. The molecule has 3 amide bonds. The molecule has 5 heterocycles. The van der Waals surface area contributed by atoms with Gasteiger partial charge in [-0.1, -0.05) is 60.7 Å². The Bertz CT molecular complexity index is 2180. The third-order valence-electron chi connectivity index (χ3n) is 12.6. The monoisotopic (exact) mass is 864 g/mol. The van der Waals surface area contributed by atoms with Gasteiger partial charge in [0.25, 0.3) is 0 Å². The summed E-state index contributed by atoms with van der Waals surface area (Å²) in [5, 5.41) is 21.7. The van der Waals surface area contributed by atoms with Gasteiger partial charge in [-0.05, 0) is 31.3 Å². The zero-order valence-electron chi connectivity index (χ0n) is 35.8. The summed E-state index contributed by atoms with van der Waals surface area (Å²) in [6.45, 7) is 6.48. The second-order valence-electron chi connectivity index (χ2n) is 16.5. The quantitative estimate of drug-likeness (QED) is 0.136. The van der Waals surface area contributed by atoms with E-state index in [0.717, 1.165) is 42.3 Å². The van der Waals surface area contributed by atoms with Crippen LogP contribution in [0.4, 0.5) is 16.3 Å². The van der Waals surface area contributed by atoms with Gasteiger partial charge in [0.2, 0.25) is 11.8 Å². The fourth-order valence-electron chi connectivity index (χ4n) is 9.24. The largest absolute Gasteiger partial charge is 0.465 e. The van der Waals surface area contributed by atoms with Crippen LogP contribution in [0.15, 0.2) is 66.8 Å². The van der Waals surface area contributed by atoms with Crippen molar-refractivity contribution in [2.45, 2.75) is 44.0 Å². The Morgan fingerprint density at radius 2 is 1.56 bits per heavy atom. The SMILES string of the molecule is CN1C[C@H](OCCOCCOCCOCCN2C(=O)C3C=CC=CC3C2=O)C[C@H]1COc1nc2c(c(N3CCN(C(=O)O)[C@@H](CC#N)C3)n1)CCN(c1cccc3ccccc13)C2. The third-order valence-corrected chi connectivity index (χ3v) is 12.6. The second kappa shape index (κ2) is 20.7. The predicted octanol–water partition coefficient (Wildman–Crippen LogP) is 3.52. The number of carboxylic acid groups (broad SMARTS) is 1. The zero-order chi connectivity index (χ0) is 43.7. The van der Waals surface area contributed by atoms with E-state index in [-0.39, 0.29) is 56.1 Å². The molecule has 17 heteroatoms. The number of hydrogen-bond acceptors (Lipinski definition) is 14. The standard InChI is InChI=1S/C46H56N8O9/c1-50-29-35(62-26-25-61-24-23-60-22-21-59-20-19-54-43(55)37-10-4-5-11-38(37)44(54)56)27-34(50)31-63-45-48-40-30-51(41-12-6-8-32-7-2-3-9-36(32)41)16-14-39(40)42(49-45)52-17-18-53(46(57)58)33(28-52)13-15-47/h2-12,33-35,37-38H,13-14,16-31H2,1H3,(H,57,58)/t33-,34-,35+,37?,38?/m0/s1. The molecule has 0 saturated carbocycles. The Balaban J connectivity index is 0.786. The van der Waals surface area contributed by atoms with Gasteiger partial charge >= 0.3 is 12.1 Å². The molecule has 4 aliphatic heterocycles. The van der Waals surface area contributed by atoms with Gasteiger partial charge in [0.15, 0.2) is 0 Å². The number of anilines is 2. The summed E-state index contributed by atoms with van der Waals surface area (Å²) in [7, 11) is 2.06. The van der Waals surface area contributed by atoms with Gasteiger partial charge in [0.05, 0.1) is 102 Å². The van der Waals surface area contributed by atoms with Crippen molar-refractivity contribution >= 4 is 40.2 Å². The summed E-state index contributed by atoms with van der Waals surface area (Å²) in [6.07, 6.45) is 7.74. The molecule has 5 atom stereocenters. The zero-order valence-corrected chi connectivity index (χ0v) is 35.8. The molecule has 63 heavy (non-hydrogen) atoms. The number of imide groups is 1. The van der Waals surface area contributed by atoms with Crippen LogP contribution in [0.2, 0.25) is 0 Å². The number of piperazine rings is 1. The highest BCUT2D eigenvalue weighted by Gasteiger charge is 2.45. The summed E-state index contributed by atoms with van der Waals surface area (Å²) >= 11 is 0. The first-order valence-electron chi connectivity index (χ1n) is 21.9. The highest BCUT2D eigenvalue weighted by atomic mass is 16.6. The molecule has 1 aromatic heterocycles. The molecule has 0 radical (unpaired) electrons. The Morgan fingerprint density at radius 3 is 2.30 bits per heavy atom. The maximum absolute atomic E-state index is 12.5. The number of fused-ring (bicyclic) bond motifs is 3. The summed E-state index contributed by atoms with van der Waals surface area (Å²) in [4.78, 5) is 56.4. The lowest BCUT2D eigenvalue weighted by Crippen LogP contribution is -2.55. The third kappa shape index (κ3) is 10.3. The lowest BCUT2D eigenvalue weighted by Gasteiger charge is -2.41. The molecule has 2 unspecified atom stereocenters. The van der Waals surface area contributed by atoms with Crippen molar-refractivity contribution in [2.75, 3.05) is 109 Å². The van der Waals surface area contributed by atoms with E-state index in [9.17, 15) is 24.8 Å². The van der Waals surface area contributed by atoms with Crippen LogP contribution < -0.4 is 14.5 Å². The van der Waals surface area contributed by atoms with Gasteiger partial charge < -0.3 is 43.5 Å². The number of nitrogens with zero attached hydrogens (tertiary/aromatic N) is 8. The molecule has 2 aromatic carbocycles. The highest BCUT2D eigenvalue weighted by Crippen LogP contribution is 2.35. The van der Waals surface area contributed by atoms with E-state index in [2.05, 4.69) is 64.2 Å². The normalized spacial score (nSPS) is 23.4. The van der Waals surface area contributed by atoms with Gasteiger partial charge in [-0.15, -0.1) is 0 Å². The number of nitriles is 1. The number of carbonyl (C=O) groups excluding carboxylic acids is 2. The van der Waals surface area contributed by atoms with Crippen molar-refractivity contribution in [1.29, 1.82) is 5.26 Å². The van der Waals surface area contributed by atoms with E-state index in [0.29, 0.717) is 72.3 Å². The average molecular weight is 865 g/mol. The maximum Gasteiger partial charge on any atom is 0.407 e. The number of likely N-dealkylation sites (N-methyl/N-ethyl adjacent to an activating group) is 1. The lowest BCUT2D eigenvalue weighted by molar-refractivity contribution is -0.140. The van der Waals surface area contributed by atoms with E-state index in [4.69, 9.17) is 33.7 Å². The first-order valence-corrected chi connectivity index (χ1v) is 21.9. The number of allylic oxidation sites excluding steroid dienone is 2. The Kier molecular flexibility index (Phi) is 14.4. The van der Waals surface area contributed by atoms with Gasteiger partial charge in [0.1, 0.15) is 12.4 Å². The summed E-state index contributed by atoms with van der Waals surface area (Å²) in [5.41, 5.74) is 3.05.